The third-order valence-corrected chi connectivity index (χ3v) is 8.55. The van der Waals surface area contributed by atoms with Crippen LogP contribution >= 0.6 is 12.4 Å². The highest BCUT2D eigenvalue weighted by Gasteiger charge is 2.36. The number of imide groups is 1. The zero-order chi connectivity index (χ0) is 27.8. The maximum absolute atomic E-state index is 13.9. The molecule has 1 aromatic rings. The molecule has 1 saturated heterocycles. The molecule has 10 nitrogen and oxygen atoms in total. The van der Waals surface area contributed by atoms with Crippen molar-refractivity contribution in [3.8, 4) is 0 Å². The second kappa shape index (κ2) is 15.0. The van der Waals surface area contributed by atoms with Crippen molar-refractivity contribution < 1.29 is 19.2 Å². The summed E-state index contributed by atoms with van der Waals surface area (Å²) in [4.78, 5) is 52.1. The lowest BCUT2D eigenvalue weighted by Gasteiger charge is -2.34. The summed E-state index contributed by atoms with van der Waals surface area (Å²) in [5.41, 5.74) is 7.27. The highest BCUT2D eigenvalue weighted by Crippen LogP contribution is 2.33. The lowest BCUT2D eigenvalue weighted by atomic mass is 9.76. The van der Waals surface area contributed by atoms with Crippen molar-refractivity contribution in [3.05, 3.63) is 35.4 Å². The molecule has 220 valence electrons. The number of benzene rings is 1. The minimum Gasteiger partial charge on any atom is -0.384 e. The summed E-state index contributed by atoms with van der Waals surface area (Å²) in [7, 11) is 0. The Kier molecular flexibility index (Phi) is 11.8. The summed E-state index contributed by atoms with van der Waals surface area (Å²) in [6.07, 6.45) is 10.9. The fourth-order valence-corrected chi connectivity index (χ4v) is 6.29. The summed E-state index contributed by atoms with van der Waals surface area (Å²) in [5, 5.41) is 16.2. The van der Waals surface area contributed by atoms with E-state index in [1.54, 1.807) is 0 Å². The number of nitrogens with one attached hydrogen (secondary N) is 4. The van der Waals surface area contributed by atoms with E-state index in [0.717, 1.165) is 68.3 Å². The molecule has 4 rings (SSSR count). The molecule has 1 heterocycles. The molecular weight excluding hydrogens is 532 g/mol. The van der Waals surface area contributed by atoms with Crippen LogP contribution < -0.4 is 21.7 Å². The molecule has 3 fully saturated rings. The number of rotatable bonds is 11. The van der Waals surface area contributed by atoms with Gasteiger partial charge in [-0.05, 0) is 49.5 Å². The van der Waals surface area contributed by atoms with Crippen LogP contribution in [0.2, 0.25) is 0 Å². The predicted molar refractivity (Wildman–Crippen MR) is 155 cm³/mol. The van der Waals surface area contributed by atoms with Gasteiger partial charge in [-0.3, -0.25) is 24.7 Å². The standard InChI is InChI=1S/C29H42N6O4.ClH/c30-26(31)22-13-11-19(12-14-22)17-23(20-7-3-1-4-8-20)27(37)34-25(21-9-5-2-6-10-21)28(38)32-15-16-35-24(36)18-33-29(35)39;/h11-14,20-21,23,25H,1-10,15-18H2,(H3,30,31)(H,32,38)(H,33,39)(H,34,37);1H/t23?,25-;/m0./s1. The molecule has 0 radical (unpaired) electrons. The van der Waals surface area contributed by atoms with Crippen LogP contribution in [0.5, 0.6) is 0 Å². The van der Waals surface area contributed by atoms with Gasteiger partial charge >= 0.3 is 6.03 Å². The first-order valence-electron chi connectivity index (χ1n) is 14.4. The molecule has 1 aliphatic heterocycles. The number of nitrogens with two attached hydrogens (primary N) is 1. The summed E-state index contributed by atoms with van der Waals surface area (Å²) < 4.78 is 0. The third-order valence-electron chi connectivity index (χ3n) is 8.55. The summed E-state index contributed by atoms with van der Waals surface area (Å²) in [6.45, 7) is 0.224. The highest BCUT2D eigenvalue weighted by atomic mass is 35.5. The van der Waals surface area contributed by atoms with Crippen molar-refractivity contribution in [3.63, 3.8) is 0 Å². The average Bonchev–Trinajstić information content (AvgIpc) is 3.28. The third kappa shape index (κ3) is 8.19. The molecule has 40 heavy (non-hydrogen) atoms. The van der Waals surface area contributed by atoms with Crippen LogP contribution in [0.15, 0.2) is 24.3 Å². The first-order valence-corrected chi connectivity index (χ1v) is 14.4. The van der Waals surface area contributed by atoms with Crippen molar-refractivity contribution in [2.45, 2.75) is 76.7 Å². The van der Waals surface area contributed by atoms with E-state index in [1.807, 2.05) is 24.3 Å². The number of nitrogen functional groups attached to an aromatic ring is 1. The molecule has 1 aromatic carbocycles. The van der Waals surface area contributed by atoms with Gasteiger partial charge in [0.1, 0.15) is 11.9 Å². The number of hydrogen-bond acceptors (Lipinski definition) is 5. The van der Waals surface area contributed by atoms with E-state index in [9.17, 15) is 19.2 Å². The Morgan fingerprint density at radius 3 is 2.10 bits per heavy atom. The maximum Gasteiger partial charge on any atom is 0.324 e. The van der Waals surface area contributed by atoms with Gasteiger partial charge in [0.05, 0.1) is 6.54 Å². The normalized spacial score (nSPS) is 19.8. The minimum atomic E-state index is -0.646. The molecule has 5 amide bonds. The van der Waals surface area contributed by atoms with Crippen LogP contribution in [0, 0.1) is 23.2 Å². The van der Waals surface area contributed by atoms with Crippen LogP contribution in [0.4, 0.5) is 4.79 Å². The maximum atomic E-state index is 13.9. The van der Waals surface area contributed by atoms with Gasteiger partial charge in [0.25, 0.3) is 0 Å². The van der Waals surface area contributed by atoms with Crippen LogP contribution in [0.1, 0.15) is 75.3 Å². The molecule has 2 aliphatic carbocycles. The van der Waals surface area contributed by atoms with Crippen LogP contribution in [-0.2, 0) is 20.8 Å². The van der Waals surface area contributed by atoms with Crippen molar-refractivity contribution in [2.24, 2.45) is 23.5 Å². The smallest absolute Gasteiger partial charge is 0.324 e. The monoisotopic (exact) mass is 574 g/mol. The predicted octanol–water partition coefficient (Wildman–Crippen LogP) is 2.86. The van der Waals surface area contributed by atoms with Crippen molar-refractivity contribution in [1.29, 1.82) is 5.41 Å². The lowest BCUT2D eigenvalue weighted by Crippen LogP contribution is -2.54. The number of amides is 5. The second-order valence-electron chi connectivity index (χ2n) is 11.2. The van der Waals surface area contributed by atoms with E-state index in [0.29, 0.717) is 12.0 Å². The van der Waals surface area contributed by atoms with E-state index in [4.69, 9.17) is 11.1 Å². The van der Waals surface area contributed by atoms with Gasteiger partial charge in [0.2, 0.25) is 17.7 Å². The molecule has 6 N–H and O–H groups in total. The SMILES string of the molecule is Cl.N=C(N)c1ccc(CC(C(=O)N[C@H](C(=O)NCCN2C(=O)CNC2=O)C2CCCCC2)C2CCCCC2)cc1. The highest BCUT2D eigenvalue weighted by molar-refractivity contribution is 6.02. The molecule has 3 aliphatic rings. The molecule has 0 aromatic heterocycles. The molecule has 0 spiro atoms. The number of nitrogens with zero attached hydrogens (tertiary/aromatic N) is 1. The Hall–Kier alpha value is -3.14. The van der Waals surface area contributed by atoms with Gasteiger partial charge < -0.3 is 21.7 Å². The first-order chi connectivity index (χ1) is 18.8. The molecule has 2 saturated carbocycles. The van der Waals surface area contributed by atoms with Gasteiger partial charge in [0.15, 0.2) is 0 Å². The quantitative estimate of drug-likeness (QED) is 0.156. The summed E-state index contributed by atoms with van der Waals surface area (Å²) in [5.74, 6) is -0.578. The van der Waals surface area contributed by atoms with Crippen LogP contribution in [0.25, 0.3) is 0 Å². The fourth-order valence-electron chi connectivity index (χ4n) is 6.29. The van der Waals surface area contributed by atoms with Crippen LogP contribution in [-0.4, -0.2) is 60.2 Å². The second-order valence-corrected chi connectivity index (χ2v) is 11.2. The number of halogens is 1. The zero-order valence-electron chi connectivity index (χ0n) is 23.1. The average molecular weight is 575 g/mol. The summed E-state index contributed by atoms with van der Waals surface area (Å²) >= 11 is 0. The molecule has 0 bridgehead atoms. The Labute approximate surface area is 242 Å². The molecule has 11 heteroatoms. The Balaban J connectivity index is 0.00000441. The van der Waals surface area contributed by atoms with E-state index in [1.165, 1.54) is 6.42 Å². The molecule has 2 atom stereocenters. The van der Waals surface area contributed by atoms with Gasteiger partial charge in [-0.25, -0.2) is 4.79 Å². The largest absolute Gasteiger partial charge is 0.384 e. The lowest BCUT2D eigenvalue weighted by molar-refractivity contribution is -0.134. The Morgan fingerprint density at radius 1 is 0.950 bits per heavy atom. The topological polar surface area (TPSA) is 157 Å². The number of carbonyl (C=O) groups is 4. The number of urea groups is 1. The number of amidine groups is 1. The van der Waals surface area contributed by atoms with E-state index < -0.39 is 12.1 Å². The fraction of sp³-hybridized carbons (Fsp3) is 0.621. The van der Waals surface area contributed by atoms with E-state index in [-0.39, 0.29) is 73.4 Å². The van der Waals surface area contributed by atoms with E-state index >= 15 is 0 Å². The molecular formula is C29H43ClN6O4. The van der Waals surface area contributed by atoms with Gasteiger partial charge in [0, 0.05) is 24.6 Å². The van der Waals surface area contributed by atoms with Crippen molar-refractivity contribution >= 4 is 42.0 Å². The van der Waals surface area contributed by atoms with Crippen molar-refractivity contribution in [2.75, 3.05) is 19.6 Å². The van der Waals surface area contributed by atoms with E-state index in [2.05, 4.69) is 16.0 Å². The van der Waals surface area contributed by atoms with Gasteiger partial charge in [-0.1, -0.05) is 62.8 Å². The number of hydrogen-bond donors (Lipinski definition) is 5. The van der Waals surface area contributed by atoms with Crippen LogP contribution in [0.3, 0.4) is 0 Å². The molecule has 1 unspecified atom stereocenters. The zero-order valence-corrected chi connectivity index (χ0v) is 23.9. The van der Waals surface area contributed by atoms with Gasteiger partial charge in [-0.2, -0.15) is 0 Å². The van der Waals surface area contributed by atoms with Gasteiger partial charge in [-0.15, -0.1) is 12.4 Å². The Morgan fingerprint density at radius 2 is 1.55 bits per heavy atom. The first kappa shape index (κ1) is 31.4. The van der Waals surface area contributed by atoms with Crippen molar-refractivity contribution in [1.82, 2.24) is 20.9 Å². The Bertz CT molecular complexity index is 1040. The summed E-state index contributed by atoms with van der Waals surface area (Å²) in [6, 6.07) is 6.40. The minimum absolute atomic E-state index is 0. The number of carbonyl (C=O) groups excluding carboxylic acids is 4.